The molecule has 6 N–H and O–H groups in total. The number of halogens is 5. The Morgan fingerprint density at radius 2 is 1.56 bits per heavy atom. The second-order valence-electron chi connectivity index (χ2n) is 15.5. The summed E-state index contributed by atoms with van der Waals surface area (Å²) in [6.07, 6.45) is 0.373. The number of anilines is 1. The predicted molar refractivity (Wildman–Crippen MR) is 203 cm³/mol. The first-order valence-corrected chi connectivity index (χ1v) is 19.1. The van der Waals surface area contributed by atoms with Crippen molar-refractivity contribution in [2.45, 2.75) is 102 Å². The lowest BCUT2D eigenvalue weighted by Gasteiger charge is -2.27. The van der Waals surface area contributed by atoms with Gasteiger partial charge in [-0.05, 0) is 129 Å². The van der Waals surface area contributed by atoms with Gasteiger partial charge in [0.25, 0.3) is 5.91 Å². The fourth-order valence-electron chi connectivity index (χ4n) is 8.00. The van der Waals surface area contributed by atoms with Gasteiger partial charge in [-0.1, -0.05) is 36.4 Å². The first-order chi connectivity index (χ1) is 26.1. The van der Waals surface area contributed by atoms with Crippen LogP contribution in [0.1, 0.15) is 84.8 Å². The molecule has 2 fully saturated rings. The van der Waals surface area contributed by atoms with E-state index in [1.165, 1.54) is 18.2 Å². The molecule has 3 aromatic rings. The third-order valence-electron chi connectivity index (χ3n) is 11.5. The monoisotopic (exact) mass is 765 g/mol. The van der Waals surface area contributed by atoms with Gasteiger partial charge in [0.15, 0.2) is 0 Å². The fraction of sp³-hybridized carbons (Fsp3) is 0.476. The molecule has 0 saturated heterocycles. The van der Waals surface area contributed by atoms with Gasteiger partial charge in [-0.25, -0.2) is 0 Å². The zero-order valence-corrected chi connectivity index (χ0v) is 30.9. The van der Waals surface area contributed by atoms with Crippen LogP contribution in [-0.2, 0) is 22.4 Å². The first-order valence-electron chi connectivity index (χ1n) is 19.1. The van der Waals surface area contributed by atoms with Gasteiger partial charge < -0.3 is 22.1 Å². The van der Waals surface area contributed by atoms with E-state index in [-0.39, 0.29) is 59.5 Å². The predicted octanol–water partition coefficient (Wildman–Crippen LogP) is 8.01. The minimum absolute atomic E-state index is 0.0170. The van der Waals surface area contributed by atoms with Crippen LogP contribution in [0.2, 0.25) is 0 Å². The maximum Gasteiger partial charge on any atom is 0.459 e. The van der Waals surface area contributed by atoms with Gasteiger partial charge in [-0.2, -0.15) is 22.0 Å². The molecule has 2 amide bonds. The van der Waals surface area contributed by atoms with Crippen molar-refractivity contribution >= 4 is 34.7 Å². The number of carbonyl (C=O) groups excluding carboxylic acids is 3. The number of nitrogens with zero attached hydrogens (tertiary/aromatic N) is 1. The maximum absolute atomic E-state index is 14.0. The lowest BCUT2D eigenvalue weighted by molar-refractivity contribution is -0.249. The number of aryl methyl sites for hydroxylation is 1. The molecule has 2 saturated carbocycles. The number of benzene rings is 3. The van der Waals surface area contributed by atoms with Crippen molar-refractivity contribution in [2.24, 2.45) is 34.2 Å². The van der Waals surface area contributed by atoms with Crippen molar-refractivity contribution < 1.29 is 36.3 Å². The van der Waals surface area contributed by atoms with Crippen molar-refractivity contribution in [2.75, 3.05) is 11.9 Å². The van der Waals surface area contributed by atoms with Gasteiger partial charge in [0.05, 0.1) is 5.69 Å². The quantitative estimate of drug-likeness (QED) is 0.138. The molecule has 3 aromatic carbocycles. The largest absolute Gasteiger partial charge is 0.459 e. The van der Waals surface area contributed by atoms with Crippen LogP contribution in [0, 0.1) is 24.7 Å². The first kappa shape index (κ1) is 40.2. The Morgan fingerprint density at radius 3 is 2.20 bits per heavy atom. The molecule has 13 heteroatoms. The summed E-state index contributed by atoms with van der Waals surface area (Å²) in [4.78, 5) is 43.9. The number of nitrogens with two attached hydrogens (primary N) is 2. The highest BCUT2D eigenvalue weighted by atomic mass is 19.4. The van der Waals surface area contributed by atoms with Crippen LogP contribution in [0.5, 0.6) is 0 Å². The number of hydrogen-bond donors (Lipinski definition) is 4. The summed E-state index contributed by atoms with van der Waals surface area (Å²) < 4.78 is 67.1. The van der Waals surface area contributed by atoms with E-state index in [2.05, 4.69) is 15.6 Å². The highest BCUT2D eigenvalue weighted by molar-refractivity contribution is 6.01. The molecule has 0 radical (unpaired) electrons. The molecular weight excluding hydrogens is 717 g/mol. The average Bonchev–Trinajstić information content (AvgIpc) is 3.60. The molecule has 294 valence electrons. The summed E-state index contributed by atoms with van der Waals surface area (Å²) >= 11 is 0. The van der Waals surface area contributed by atoms with E-state index in [1.54, 1.807) is 6.07 Å². The van der Waals surface area contributed by atoms with Crippen LogP contribution < -0.4 is 22.1 Å². The van der Waals surface area contributed by atoms with E-state index >= 15 is 0 Å². The van der Waals surface area contributed by atoms with Crippen LogP contribution in [-0.4, -0.2) is 54.0 Å². The van der Waals surface area contributed by atoms with Crippen LogP contribution in [0.3, 0.4) is 0 Å². The standard InChI is InChI=1S/C42H48F5N5O3/c1-24-18-30(39(54)50-33-15-12-32(49)13-16-33)11-17-35(24)27-6-2-25(3-7-27)19-31(20-37(53)28-8-4-26(23-48)5-9-28)40(55)51-34-14-10-29-21-38(52-36(29)22-34)41(43,44)42(45,46)47/h2-3,6-7,10-11,14,17-18,22,26,28,31-33H,4-5,8-9,12-13,15-16,19-21,23,48-49H2,1H3,(H,50,54)(H,51,55)/t26?,28?,31-,32?,33?/m1/s1. The zero-order chi connectivity index (χ0) is 39.5. The summed E-state index contributed by atoms with van der Waals surface area (Å²) in [5.74, 6) is -6.28. The Bertz CT molecular complexity index is 1910. The highest BCUT2D eigenvalue weighted by Crippen LogP contribution is 2.42. The molecule has 0 spiro atoms. The third-order valence-corrected chi connectivity index (χ3v) is 11.5. The molecule has 2 aliphatic carbocycles. The van der Waals surface area contributed by atoms with Crippen molar-refractivity contribution in [3.8, 4) is 11.1 Å². The van der Waals surface area contributed by atoms with Crippen molar-refractivity contribution in [3.63, 3.8) is 0 Å². The number of rotatable bonds is 12. The molecule has 3 aliphatic rings. The molecular formula is C42H48F5N5O3. The molecule has 55 heavy (non-hydrogen) atoms. The van der Waals surface area contributed by atoms with Gasteiger partial charge in [-0.3, -0.25) is 19.4 Å². The third kappa shape index (κ3) is 9.49. The molecule has 8 nitrogen and oxygen atoms in total. The van der Waals surface area contributed by atoms with E-state index in [0.29, 0.717) is 30.9 Å². The smallest absolute Gasteiger partial charge is 0.349 e. The van der Waals surface area contributed by atoms with Crippen LogP contribution in [0.25, 0.3) is 11.1 Å². The maximum atomic E-state index is 14.0. The number of amides is 2. The zero-order valence-electron chi connectivity index (χ0n) is 30.9. The van der Waals surface area contributed by atoms with Crippen molar-refractivity contribution in [1.82, 2.24) is 5.32 Å². The van der Waals surface area contributed by atoms with Crippen molar-refractivity contribution in [3.05, 3.63) is 82.9 Å². The molecule has 0 aromatic heterocycles. The minimum atomic E-state index is -5.78. The topological polar surface area (TPSA) is 140 Å². The van der Waals surface area contributed by atoms with Gasteiger partial charge in [0, 0.05) is 48.0 Å². The number of Topliss-reactive ketones (excluding diaryl/α,β-unsaturated/α-hetero) is 1. The number of carbonyl (C=O) groups is 3. The van der Waals surface area contributed by atoms with E-state index in [1.807, 2.05) is 43.3 Å². The summed E-state index contributed by atoms with van der Waals surface area (Å²) in [6, 6.07) is 17.6. The highest BCUT2D eigenvalue weighted by Gasteiger charge is 2.61. The second-order valence-corrected chi connectivity index (χ2v) is 15.5. The summed E-state index contributed by atoms with van der Waals surface area (Å²) in [6.45, 7) is 2.51. The van der Waals surface area contributed by atoms with Gasteiger partial charge in [0.2, 0.25) is 5.91 Å². The summed E-state index contributed by atoms with van der Waals surface area (Å²) in [7, 11) is 0. The number of aliphatic imine (C=N–C) groups is 1. The summed E-state index contributed by atoms with van der Waals surface area (Å²) in [5.41, 5.74) is 15.0. The molecule has 6 rings (SSSR count). The number of fused-ring (bicyclic) bond motifs is 1. The van der Waals surface area contributed by atoms with E-state index in [9.17, 15) is 36.3 Å². The Kier molecular flexibility index (Phi) is 12.2. The van der Waals surface area contributed by atoms with Crippen LogP contribution in [0.4, 0.5) is 33.3 Å². The lowest BCUT2D eigenvalue weighted by atomic mass is 9.77. The number of hydrogen-bond acceptors (Lipinski definition) is 6. The molecule has 0 unspecified atom stereocenters. The Labute approximate surface area is 317 Å². The van der Waals surface area contributed by atoms with E-state index in [0.717, 1.165) is 60.8 Å². The van der Waals surface area contributed by atoms with Crippen LogP contribution >= 0.6 is 0 Å². The molecule has 1 aliphatic heterocycles. The van der Waals surface area contributed by atoms with Gasteiger partial charge in [-0.15, -0.1) is 0 Å². The SMILES string of the molecule is Cc1cc(C(=O)NC2CCC(N)CC2)ccc1-c1ccc(C[C@H](CC(=O)C2CCC(CN)CC2)C(=O)Nc2ccc3c(c2)N=C(C(F)(F)C(F)(F)F)C3)cc1. The average molecular weight is 766 g/mol. The van der Waals surface area contributed by atoms with E-state index in [4.69, 9.17) is 11.5 Å². The van der Waals surface area contributed by atoms with E-state index < -0.39 is 36.1 Å². The number of ketones is 1. The molecule has 0 bridgehead atoms. The minimum Gasteiger partial charge on any atom is -0.349 e. The molecule has 1 atom stereocenters. The number of alkyl halides is 5. The van der Waals surface area contributed by atoms with Crippen molar-refractivity contribution in [1.29, 1.82) is 0 Å². The molecule has 1 heterocycles. The Morgan fingerprint density at radius 1 is 0.873 bits per heavy atom. The van der Waals surface area contributed by atoms with Gasteiger partial charge >= 0.3 is 12.1 Å². The normalized spacial score (nSPS) is 22.0. The fourth-order valence-corrected chi connectivity index (χ4v) is 8.00. The lowest BCUT2D eigenvalue weighted by Crippen LogP contribution is -2.44. The summed E-state index contributed by atoms with van der Waals surface area (Å²) in [5, 5.41) is 5.89. The van der Waals surface area contributed by atoms with Crippen LogP contribution in [0.15, 0.2) is 65.7 Å². The van der Waals surface area contributed by atoms with Gasteiger partial charge in [0.1, 0.15) is 11.5 Å². The number of nitrogens with one attached hydrogen (secondary N) is 2. The Hall–Kier alpha value is -4.49. The second kappa shape index (κ2) is 16.7. The Balaban J connectivity index is 1.16.